The summed E-state index contributed by atoms with van der Waals surface area (Å²) in [6.07, 6.45) is 6.54. The summed E-state index contributed by atoms with van der Waals surface area (Å²) in [5, 5.41) is 5.70. The lowest BCUT2D eigenvalue weighted by Crippen LogP contribution is -2.27. The lowest BCUT2D eigenvalue weighted by atomic mass is 10.1. The van der Waals surface area contributed by atoms with Gasteiger partial charge in [-0.1, -0.05) is 26.3 Å². The fourth-order valence-electron chi connectivity index (χ4n) is 1.88. The van der Waals surface area contributed by atoms with Gasteiger partial charge in [-0.25, -0.2) is 0 Å². The van der Waals surface area contributed by atoms with Crippen LogP contribution < -0.4 is 5.32 Å². The summed E-state index contributed by atoms with van der Waals surface area (Å²) in [6, 6.07) is 5.12. The Kier molecular flexibility index (Phi) is 6.69. The molecule has 0 saturated heterocycles. The molecule has 86 valence electrons. The van der Waals surface area contributed by atoms with Crippen LogP contribution >= 0.6 is 11.3 Å². The van der Waals surface area contributed by atoms with Crippen molar-refractivity contribution >= 4 is 11.3 Å². The van der Waals surface area contributed by atoms with Gasteiger partial charge in [-0.2, -0.15) is 0 Å². The number of hydrogen-bond donors (Lipinski definition) is 1. The number of unbranched alkanes of at least 4 members (excludes halogenated alkanes) is 1. The Bertz CT molecular complexity index is 231. The van der Waals surface area contributed by atoms with Gasteiger partial charge in [0.15, 0.2) is 0 Å². The van der Waals surface area contributed by atoms with Crippen molar-refractivity contribution in [2.45, 2.75) is 52.0 Å². The first-order valence-electron chi connectivity index (χ1n) is 6.12. The lowest BCUT2D eigenvalue weighted by Gasteiger charge is -2.14. The average Bonchev–Trinajstić information content (AvgIpc) is 2.75. The molecule has 1 N–H and O–H groups in total. The van der Waals surface area contributed by atoms with E-state index < -0.39 is 0 Å². The van der Waals surface area contributed by atoms with Crippen molar-refractivity contribution in [2.24, 2.45) is 0 Å². The van der Waals surface area contributed by atoms with Crippen LogP contribution in [-0.4, -0.2) is 12.6 Å². The summed E-state index contributed by atoms with van der Waals surface area (Å²) in [4.78, 5) is 1.53. The predicted molar refractivity (Wildman–Crippen MR) is 69.6 cm³/mol. The van der Waals surface area contributed by atoms with Crippen LogP contribution in [0, 0.1) is 0 Å². The fourth-order valence-corrected chi connectivity index (χ4v) is 2.64. The molecule has 1 nitrogen and oxygen atoms in total. The van der Waals surface area contributed by atoms with E-state index in [0.29, 0.717) is 0 Å². The molecule has 1 aromatic rings. The van der Waals surface area contributed by atoms with Crippen LogP contribution in [0.2, 0.25) is 0 Å². The molecule has 0 amide bonds. The Labute approximate surface area is 97.9 Å². The van der Waals surface area contributed by atoms with Gasteiger partial charge in [0.05, 0.1) is 0 Å². The molecule has 0 aliphatic heterocycles. The molecule has 0 fully saturated rings. The zero-order valence-electron chi connectivity index (χ0n) is 9.96. The summed E-state index contributed by atoms with van der Waals surface area (Å²) in [5.41, 5.74) is 0. The van der Waals surface area contributed by atoms with E-state index in [0.717, 1.165) is 12.6 Å². The van der Waals surface area contributed by atoms with E-state index in [1.54, 1.807) is 0 Å². The number of aryl methyl sites for hydroxylation is 1. The second kappa shape index (κ2) is 7.89. The van der Waals surface area contributed by atoms with E-state index in [1.807, 2.05) is 11.3 Å². The summed E-state index contributed by atoms with van der Waals surface area (Å²) >= 11 is 1.88. The molecule has 0 aromatic carbocycles. The van der Waals surface area contributed by atoms with Crippen molar-refractivity contribution < 1.29 is 0 Å². The van der Waals surface area contributed by atoms with Gasteiger partial charge in [-0.05, 0) is 43.7 Å². The fraction of sp³-hybridized carbons (Fsp3) is 0.692. The highest BCUT2D eigenvalue weighted by Gasteiger charge is 2.03. The SMILES string of the molecule is CCNC(CC)CCCCc1cccs1. The third-order valence-corrected chi connectivity index (χ3v) is 3.73. The van der Waals surface area contributed by atoms with Crippen LogP contribution in [0.25, 0.3) is 0 Å². The molecule has 0 bridgehead atoms. The zero-order chi connectivity index (χ0) is 10.9. The highest BCUT2D eigenvalue weighted by atomic mass is 32.1. The number of hydrogen-bond acceptors (Lipinski definition) is 2. The van der Waals surface area contributed by atoms with Gasteiger partial charge in [-0.15, -0.1) is 11.3 Å². The van der Waals surface area contributed by atoms with Crippen LogP contribution in [0.15, 0.2) is 17.5 Å². The predicted octanol–water partition coefficient (Wildman–Crippen LogP) is 3.85. The maximum Gasteiger partial charge on any atom is 0.00643 e. The lowest BCUT2D eigenvalue weighted by molar-refractivity contribution is 0.460. The minimum atomic E-state index is 0.735. The molecule has 1 heterocycles. The second-order valence-corrected chi connectivity index (χ2v) is 5.02. The summed E-state index contributed by atoms with van der Waals surface area (Å²) in [7, 11) is 0. The van der Waals surface area contributed by atoms with E-state index in [4.69, 9.17) is 0 Å². The minimum Gasteiger partial charge on any atom is -0.314 e. The molecule has 0 spiro atoms. The second-order valence-electron chi connectivity index (χ2n) is 3.99. The zero-order valence-corrected chi connectivity index (χ0v) is 10.8. The van der Waals surface area contributed by atoms with Gasteiger partial charge in [0.2, 0.25) is 0 Å². The van der Waals surface area contributed by atoms with Gasteiger partial charge in [0, 0.05) is 10.9 Å². The van der Waals surface area contributed by atoms with Crippen molar-refractivity contribution in [1.29, 1.82) is 0 Å². The Balaban J connectivity index is 2.05. The summed E-state index contributed by atoms with van der Waals surface area (Å²) < 4.78 is 0. The first-order valence-corrected chi connectivity index (χ1v) is 7.00. The molecule has 0 aliphatic carbocycles. The van der Waals surface area contributed by atoms with Crippen LogP contribution in [0.3, 0.4) is 0 Å². The topological polar surface area (TPSA) is 12.0 Å². The Morgan fingerprint density at radius 1 is 1.33 bits per heavy atom. The molecule has 2 heteroatoms. The third kappa shape index (κ3) is 5.33. The van der Waals surface area contributed by atoms with Gasteiger partial charge < -0.3 is 5.32 Å². The minimum absolute atomic E-state index is 0.735. The normalized spacial score (nSPS) is 12.9. The van der Waals surface area contributed by atoms with Gasteiger partial charge in [0.25, 0.3) is 0 Å². The van der Waals surface area contributed by atoms with Crippen LogP contribution in [0.1, 0.15) is 44.4 Å². The maximum absolute atomic E-state index is 3.53. The van der Waals surface area contributed by atoms with Crippen molar-refractivity contribution in [2.75, 3.05) is 6.54 Å². The summed E-state index contributed by atoms with van der Waals surface area (Å²) in [5.74, 6) is 0. The van der Waals surface area contributed by atoms with Crippen molar-refractivity contribution in [3.63, 3.8) is 0 Å². The number of nitrogens with one attached hydrogen (secondary N) is 1. The maximum atomic E-state index is 3.53. The van der Waals surface area contributed by atoms with E-state index in [1.165, 1.54) is 37.0 Å². The first kappa shape index (κ1) is 12.7. The molecule has 0 radical (unpaired) electrons. The van der Waals surface area contributed by atoms with E-state index in [-0.39, 0.29) is 0 Å². The standard InChI is InChI=1S/C13H23NS/c1-3-12(14-4-2)8-5-6-9-13-10-7-11-15-13/h7,10-12,14H,3-6,8-9H2,1-2H3. The average molecular weight is 225 g/mol. The summed E-state index contributed by atoms with van der Waals surface area (Å²) in [6.45, 7) is 5.56. The van der Waals surface area contributed by atoms with E-state index in [9.17, 15) is 0 Å². The van der Waals surface area contributed by atoms with E-state index >= 15 is 0 Å². The molecule has 1 aromatic heterocycles. The molecule has 0 saturated carbocycles. The van der Waals surface area contributed by atoms with Gasteiger partial charge >= 0.3 is 0 Å². The monoisotopic (exact) mass is 225 g/mol. The van der Waals surface area contributed by atoms with Crippen molar-refractivity contribution in [3.05, 3.63) is 22.4 Å². The van der Waals surface area contributed by atoms with Crippen LogP contribution in [0.5, 0.6) is 0 Å². The Morgan fingerprint density at radius 3 is 2.80 bits per heavy atom. The smallest absolute Gasteiger partial charge is 0.00643 e. The van der Waals surface area contributed by atoms with Crippen molar-refractivity contribution in [1.82, 2.24) is 5.32 Å². The van der Waals surface area contributed by atoms with Crippen LogP contribution in [-0.2, 0) is 6.42 Å². The highest BCUT2D eigenvalue weighted by molar-refractivity contribution is 7.09. The molecule has 1 atom stereocenters. The number of rotatable bonds is 8. The van der Waals surface area contributed by atoms with Gasteiger partial charge in [0.1, 0.15) is 0 Å². The first-order chi connectivity index (χ1) is 7.36. The van der Waals surface area contributed by atoms with Crippen LogP contribution in [0.4, 0.5) is 0 Å². The number of thiophene rings is 1. The molecule has 1 unspecified atom stereocenters. The molecule has 1 rings (SSSR count). The van der Waals surface area contributed by atoms with E-state index in [2.05, 4.69) is 36.7 Å². The molecular weight excluding hydrogens is 202 g/mol. The molecule has 15 heavy (non-hydrogen) atoms. The van der Waals surface area contributed by atoms with Gasteiger partial charge in [-0.3, -0.25) is 0 Å². The highest BCUT2D eigenvalue weighted by Crippen LogP contribution is 2.13. The Hall–Kier alpha value is -0.340. The molecule has 0 aliphatic rings. The largest absolute Gasteiger partial charge is 0.314 e. The molecular formula is C13H23NS. The Morgan fingerprint density at radius 2 is 2.20 bits per heavy atom. The quantitative estimate of drug-likeness (QED) is 0.663. The van der Waals surface area contributed by atoms with Crippen molar-refractivity contribution in [3.8, 4) is 0 Å². The third-order valence-electron chi connectivity index (χ3n) is 2.79.